The number of aliphatic carboxylic acids is 1. The number of carbonyl (C=O) groups excluding carboxylic acids is 1. The molecule has 8 heteroatoms. The van der Waals surface area contributed by atoms with Gasteiger partial charge in [-0.15, -0.1) is 11.3 Å². The Morgan fingerprint density at radius 3 is 2.94 bits per heavy atom. The van der Waals surface area contributed by atoms with E-state index in [4.69, 9.17) is 5.11 Å². The average Bonchev–Trinajstić information content (AvgIpc) is 3.00. The Morgan fingerprint density at radius 2 is 2.39 bits per heavy atom. The minimum Gasteiger partial charge on any atom is -0.480 e. The van der Waals surface area contributed by atoms with E-state index in [9.17, 15) is 9.59 Å². The molecule has 0 radical (unpaired) electrons. The Bertz CT molecular complexity index is 523. The number of carboxylic acids is 1. The van der Waals surface area contributed by atoms with Crippen molar-refractivity contribution < 1.29 is 14.7 Å². The molecule has 2 rings (SSSR count). The highest BCUT2D eigenvalue weighted by Crippen LogP contribution is 2.03. The highest BCUT2D eigenvalue weighted by atomic mass is 32.1. The predicted octanol–water partition coefficient (Wildman–Crippen LogP) is 0.292. The van der Waals surface area contributed by atoms with Gasteiger partial charge in [-0.25, -0.2) is 14.8 Å². The second kappa shape index (κ2) is 5.41. The third-order valence-electron chi connectivity index (χ3n) is 2.25. The highest BCUT2D eigenvalue weighted by molar-refractivity contribution is 7.07. The summed E-state index contributed by atoms with van der Waals surface area (Å²) in [4.78, 5) is 33.2. The number of nitrogens with zero attached hydrogens (tertiary/aromatic N) is 2. The summed E-state index contributed by atoms with van der Waals surface area (Å²) in [6.07, 6.45) is 3.12. The third-order valence-corrected chi connectivity index (χ3v) is 2.83. The molecule has 18 heavy (non-hydrogen) atoms. The van der Waals surface area contributed by atoms with Crippen LogP contribution in [0.3, 0.4) is 0 Å². The lowest BCUT2D eigenvalue weighted by Gasteiger charge is -2.12. The van der Waals surface area contributed by atoms with Crippen LogP contribution in [0.4, 0.5) is 0 Å². The van der Waals surface area contributed by atoms with Crippen LogP contribution in [0.2, 0.25) is 0 Å². The molecule has 0 aliphatic rings. The van der Waals surface area contributed by atoms with Gasteiger partial charge in [-0.2, -0.15) is 0 Å². The molecule has 94 valence electrons. The lowest BCUT2D eigenvalue weighted by molar-refractivity contribution is -0.139. The van der Waals surface area contributed by atoms with Crippen molar-refractivity contribution in [3.63, 3.8) is 0 Å². The highest BCUT2D eigenvalue weighted by Gasteiger charge is 2.22. The Kier molecular flexibility index (Phi) is 3.68. The molecule has 2 heterocycles. The van der Waals surface area contributed by atoms with Crippen LogP contribution < -0.4 is 5.32 Å². The van der Waals surface area contributed by atoms with E-state index in [1.807, 2.05) is 0 Å². The number of aromatic nitrogens is 3. The van der Waals surface area contributed by atoms with Crippen LogP contribution in [0.25, 0.3) is 0 Å². The molecule has 0 fully saturated rings. The van der Waals surface area contributed by atoms with Gasteiger partial charge in [0.25, 0.3) is 5.91 Å². The Hall–Kier alpha value is -2.22. The van der Waals surface area contributed by atoms with E-state index in [0.29, 0.717) is 5.69 Å². The van der Waals surface area contributed by atoms with Gasteiger partial charge in [0.05, 0.1) is 11.8 Å². The number of rotatable bonds is 5. The zero-order valence-electron chi connectivity index (χ0n) is 9.16. The molecule has 3 N–H and O–H groups in total. The number of H-pyrrole nitrogens is 1. The first kappa shape index (κ1) is 12.2. The van der Waals surface area contributed by atoms with Gasteiger partial charge in [-0.3, -0.25) is 4.79 Å². The molecule has 0 saturated heterocycles. The van der Waals surface area contributed by atoms with Crippen LogP contribution in [-0.4, -0.2) is 38.0 Å². The maximum Gasteiger partial charge on any atom is 0.326 e. The molecule has 1 amide bonds. The van der Waals surface area contributed by atoms with E-state index < -0.39 is 17.9 Å². The number of carbonyl (C=O) groups is 2. The number of carboxylic acid groups (broad SMARTS) is 1. The number of hydrogen-bond donors (Lipinski definition) is 3. The zero-order chi connectivity index (χ0) is 13.0. The lowest BCUT2D eigenvalue weighted by atomic mass is 10.1. The van der Waals surface area contributed by atoms with Crippen LogP contribution in [0.15, 0.2) is 23.4 Å². The predicted molar refractivity (Wildman–Crippen MR) is 63.3 cm³/mol. The monoisotopic (exact) mass is 266 g/mol. The van der Waals surface area contributed by atoms with Gasteiger partial charge in [0.15, 0.2) is 0 Å². The first-order valence-electron chi connectivity index (χ1n) is 5.06. The van der Waals surface area contributed by atoms with Crippen molar-refractivity contribution in [3.05, 3.63) is 34.8 Å². The van der Waals surface area contributed by atoms with Gasteiger partial charge in [-0.1, -0.05) is 0 Å². The van der Waals surface area contributed by atoms with Crippen molar-refractivity contribution in [2.45, 2.75) is 12.5 Å². The van der Waals surface area contributed by atoms with Crippen LogP contribution in [0.5, 0.6) is 0 Å². The summed E-state index contributed by atoms with van der Waals surface area (Å²) in [6.45, 7) is 0. The molecule has 2 aromatic heterocycles. The van der Waals surface area contributed by atoms with Crippen molar-refractivity contribution >= 4 is 23.2 Å². The molecular weight excluding hydrogens is 256 g/mol. The number of hydrogen-bond acceptors (Lipinski definition) is 5. The molecule has 0 aliphatic carbocycles. The average molecular weight is 266 g/mol. The van der Waals surface area contributed by atoms with Gasteiger partial charge in [0.2, 0.25) is 0 Å². The molecule has 0 saturated carbocycles. The van der Waals surface area contributed by atoms with Gasteiger partial charge >= 0.3 is 5.97 Å². The number of aromatic amines is 1. The van der Waals surface area contributed by atoms with Gasteiger partial charge < -0.3 is 15.4 Å². The molecule has 0 aromatic carbocycles. The van der Waals surface area contributed by atoms with Crippen molar-refractivity contribution in [2.75, 3.05) is 0 Å². The van der Waals surface area contributed by atoms with E-state index in [-0.39, 0.29) is 12.1 Å². The maximum atomic E-state index is 11.7. The normalized spacial score (nSPS) is 12.0. The summed E-state index contributed by atoms with van der Waals surface area (Å²) in [6, 6.07) is -1.01. The van der Waals surface area contributed by atoms with E-state index >= 15 is 0 Å². The fourth-order valence-electron chi connectivity index (χ4n) is 1.37. The summed E-state index contributed by atoms with van der Waals surface area (Å²) >= 11 is 1.27. The fourth-order valence-corrected chi connectivity index (χ4v) is 1.91. The van der Waals surface area contributed by atoms with Crippen LogP contribution in [0.1, 0.15) is 16.2 Å². The van der Waals surface area contributed by atoms with Gasteiger partial charge in [-0.05, 0) is 0 Å². The summed E-state index contributed by atoms with van der Waals surface area (Å²) in [5.74, 6) is -1.60. The Balaban J connectivity index is 2.03. The molecule has 1 atom stereocenters. The van der Waals surface area contributed by atoms with Crippen LogP contribution >= 0.6 is 11.3 Å². The summed E-state index contributed by atoms with van der Waals surface area (Å²) in [7, 11) is 0. The largest absolute Gasteiger partial charge is 0.480 e. The number of imidazole rings is 1. The zero-order valence-corrected chi connectivity index (χ0v) is 9.98. The fraction of sp³-hybridized carbons (Fsp3) is 0.200. The molecule has 0 spiro atoms. The Labute approximate surface area is 106 Å². The molecule has 0 bridgehead atoms. The van der Waals surface area contributed by atoms with Crippen molar-refractivity contribution in [1.82, 2.24) is 20.3 Å². The van der Waals surface area contributed by atoms with Crippen LogP contribution in [-0.2, 0) is 11.2 Å². The topological polar surface area (TPSA) is 108 Å². The second-order valence-corrected chi connectivity index (χ2v) is 4.24. The number of thiazole rings is 1. The first-order valence-corrected chi connectivity index (χ1v) is 6.00. The van der Waals surface area contributed by atoms with Crippen molar-refractivity contribution in [2.24, 2.45) is 0 Å². The van der Waals surface area contributed by atoms with Gasteiger partial charge in [0.1, 0.15) is 11.7 Å². The molecule has 7 nitrogen and oxygen atoms in total. The Morgan fingerprint density at radius 1 is 1.56 bits per heavy atom. The molecule has 0 aliphatic heterocycles. The number of nitrogens with one attached hydrogen (secondary N) is 2. The molecular formula is C10H10N4O3S. The standard InChI is InChI=1S/C10H10N4O3S/c15-9(8-3-18-5-13-8)14-7(10(16)17)1-6-2-11-4-12-6/h2-5,7H,1H2,(H,11,12)(H,14,15)(H,16,17)/t7-/m0/s1. The summed E-state index contributed by atoms with van der Waals surface area (Å²) in [5, 5.41) is 13.0. The number of amides is 1. The molecule has 0 unspecified atom stereocenters. The smallest absolute Gasteiger partial charge is 0.326 e. The van der Waals surface area contributed by atoms with Gasteiger partial charge in [0, 0.05) is 23.7 Å². The third kappa shape index (κ3) is 2.92. The summed E-state index contributed by atoms with van der Waals surface area (Å²) < 4.78 is 0. The minimum absolute atomic E-state index is 0.144. The molecule has 2 aromatic rings. The first-order chi connectivity index (χ1) is 8.66. The SMILES string of the molecule is O=C(N[C@@H](Cc1cnc[nH]1)C(=O)O)c1cscn1. The van der Waals surface area contributed by atoms with E-state index in [2.05, 4.69) is 20.3 Å². The van der Waals surface area contributed by atoms with E-state index in [1.165, 1.54) is 29.4 Å². The second-order valence-electron chi connectivity index (χ2n) is 3.52. The minimum atomic E-state index is -1.10. The quantitative estimate of drug-likeness (QED) is 0.721. The van der Waals surface area contributed by atoms with Crippen LogP contribution in [0, 0.1) is 0 Å². The van der Waals surface area contributed by atoms with Crippen molar-refractivity contribution in [3.8, 4) is 0 Å². The summed E-state index contributed by atoms with van der Waals surface area (Å²) in [5.41, 5.74) is 2.37. The van der Waals surface area contributed by atoms with E-state index in [1.54, 1.807) is 5.38 Å². The maximum absolute atomic E-state index is 11.7. The van der Waals surface area contributed by atoms with E-state index in [0.717, 1.165) is 0 Å². The van der Waals surface area contributed by atoms with Crippen molar-refractivity contribution in [1.29, 1.82) is 0 Å². The lowest BCUT2D eigenvalue weighted by Crippen LogP contribution is -2.42.